The van der Waals surface area contributed by atoms with Gasteiger partial charge in [0.1, 0.15) is 5.92 Å². The molecule has 5 nitrogen and oxygen atoms in total. The lowest BCUT2D eigenvalue weighted by Crippen LogP contribution is -2.43. The van der Waals surface area contributed by atoms with Crippen molar-refractivity contribution in [2.45, 2.75) is 12.8 Å². The number of rotatable bonds is 2. The number of hydrogen-bond donors (Lipinski definition) is 0. The quantitative estimate of drug-likeness (QED) is 0.739. The number of carbonyl (C=O) groups is 2. The maximum Gasteiger partial charge on any atom is 0.315 e. The molecule has 2 heterocycles. The number of ketones is 1. The lowest BCUT2D eigenvalue weighted by Gasteiger charge is -2.37. The Morgan fingerprint density at radius 2 is 1.92 bits per heavy atom. The Hall–Kier alpha value is -1.69. The topological polar surface area (TPSA) is 59.0 Å². The van der Waals surface area contributed by atoms with E-state index in [1.54, 1.807) is 25.1 Å². The molecule has 0 saturated heterocycles. The van der Waals surface area contributed by atoms with E-state index in [0.717, 1.165) is 0 Å². The van der Waals surface area contributed by atoms with Crippen LogP contribution in [0, 0.1) is 5.92 Å². The van der Waals surface area contributed by atoms with Crippen molar-refractivity contribution in [3.05, 3.63) is 45.1 Å². The van der Waals surface area contributed by atoms with Crippen molar-refractivity contribution in [3.8, 4) is 0 Å². The van der Waals surface area contributed by atoms with Gasteiger partial charge in [-0.3, -0.25) is 19.5 Å². The van der Waals surface area contributed by atoms with Crippen molar-refractivity contribution < 1.29 is 14.3 Å². The largest absolute Gasteiger partial charge is 0.468 e. The van der Waals surface area contributed by atoms with E-state index in [4.69, 9.17) is 27.9 Å². The number of likely N-dealkylation sites (N-methyl/N-ethyl adjacent to an activating group) is 1. The lowest BCUT2D eigenvalue weighted by atomic mass is 9.73. The van der Waals surface area contributed by atoms with Crippen LogP contribution < -0.4 is 0 Å². The van der Waals surface area contributed by atoms with Gasteiger partial charge in [-0.05, 0) is 31.7 Å². The summed E-state index contributed by atoms with van der Waals surface area (Å²) in [5.74, 6) is -1.86. The molecule has 7 heteroatoms. The Kier molecular flexibility index (Phi) is 5.00. The van der Waals surface area contributed by atoms with Crippen LogP contribution in [0.2, 0.25) is 10.0 Å². The van der Waals surface area contributed by atoms with Gasteiger partial charge in [0.15, 0.2) is 5.78 Å². The fourth-order valence-electron chi connectivity index (χ4n) is 3.58. The second kappa shape index (κ2) is 6.90. The molecular weight excluding hydrogens is 363 g/mol. The van der Waals surface area contributed by atoms with Crippen molar-refractivity contribution in [1.82, 2.24) is 4.90 Å². The van der Waals surface area contributed by atoms with Crippen molar-refractivity contribution >= 4 is 40.7 Å². The van der Waals surface area contributed by atoms with E-state index in [1.165, 1.54) is 7.11 Å². The summed E-state index contributed by atoms with van der Waals surface area (Å²) in [6.45, 7) is 2.56. The third-order valence-electron chi connectivity index (χ3n) is 4.62. The molecule has 0 bridgehead atoms. The summed E-state index contributed by atoms with van der Waals surface area (Å²) in [6.07, 6.45) is 0. The highest BCUT2D eigenvalue weighted by molar-refractivity contribution is 6.36. The summed E-state index contributed by atoms with van der Waals surface area (Å²) in [7, 11) is 3.18. The fourth-order valence-corrected chi connectivity index (χ4v) is 4.21. The Balaban J connectivity index is 2.27. The Morgan fingerprint density at radius 3 is 2.52 bits per heavy atom. The number of halogens is 2. The smallest absolute Gasteiger partial charge is 0.315 e. The second-order valence-corrected chi connectivity index (χ2v) is 7.14. The van der Waals surface area contributed by atoms with Crippen molar-refractivity contribution in [2.24, 2.45) is 10.9 Å². The first-order valence-electron chi connectivity index (χ1n) is 7.86. The van der Waals surface area contributed by atoms with Gasteiger partial charge in [0, 0.05) is 33.8 Å². The average Bonchev–Trinajstić information content (AvgIpc) is 2.53. The number of nitrogens with zero attached hydrogens (tertiary/aromatic N) is 2. The number of esters is 1. The van der Waals surface area contributed by atoms with Gasteiger partial charge in [0.05, 0.1) is 19.4 Å². The highest BCUT2D eigenvalue weighted by Gasteiger charge is 2.45. The third-order valence-corrected chi connectivity index (χ3v) is 5.28. The number of hydrogen-bond acceptors (Lipinski definition) is 5. The maximum atomic E-state index is 12.8. The number of aliphatic imine (C=N–C) groups is 1. The molecule has 0 saturated carbocycles. The summed E-state index contributed by atoms with van der Waals surface area (Å²) in [5, 5.41) is 0.833. The molecule has 0 aromatic heterocycles. The molecule has 0 aliphatic carbocycles. The SMILES string of the molecule is COC(=O)C1C(C)=NC2=C(C(=O)CN(C)C2)C1c1c(Cl)cccc1Cl. The molecule has 1 aromatic rings. The van der Waals surface area contributed by atoms with Gasteiger partial charge in [-0.1, -0.05) is 29.3 Å². The van der Waals surface area contributed by atoms with Gasteiger partial charge in [0.25, 0.3) is 0 Å². The predicted molar refractivity (Wildman–Crippen MR) is 97.3 cm³/mol. The first-order chi connectivity index (χ1) is 11.8. The van der Waals surface area contributed by atoms with Gasteiger partial charge < -0.3 is 4.74 Å². The Bertz CT molecular complexity index is 796. The number of ether oxygens (including phenoxy) is 1. The van der Waals surface area contributed by atoms with Crippen molar-refractivity contribution in [1.29, 1.82) is 0 Å². The molecule has 0 N–H and O–H groups in total. The Morgan fingerprint density at radius 1 is 1.28 bits per heavy atom. The maximum absolute atomic E-state index is 12.8. The molecule has 0 radical (unpaired) electrons. The van der Waals surface area contributed by atoms with Crippen LogP contribution >= 0.6 is 23.2 Å². The minimum Gasteiger partial charge on any atom is -0.468 e. The van der Waals surface area contributed by atoms with E-state index in [1.807, 2.05) is 11.9 Å². The van der Waals surface area contributed by atoms with Crippen LogP contribution in [-0.4, -0.2) is 49.6 Å². The van der Waals surface area contributed by atoms with E-state index >= 15 is 0 Å². The fraction of sp³-hybridized carbons (Fsp3) is 0.389. The van der Waals surface area contributed by atoms with E-state index in [9.17, 15) is 9.59 Å². The zero-order valence-corrected chi connectivity index (χ0v) is 15.7. The summed E-state index contributed by atoms with van der Waals surface area (Å²) in [4.78, 5) is 31.7. The monoisotopic (exact) mass is 380 g/mol. The molecule has 2 aliphatic rings. The van der Waals surface area contributed by atoms with Crippen LogP contribution in [0.15, 0.2) is 34.5 Å². The van der Waals surface area contributed by atoms with Crippen molar-refractivity contribution in [3.63, 3.8) is 0 Å². The summed E-state index contributed by atoms with van der Waals surface area (Å²) < 4.78 is 4.98. The molecule has 2 atom stereocenters. The second-order valence-electron chi connectivity index (χ2n) is 6.32. The van der Waals surface area contributed by atoms with Crippen LogP contribution in [-0.2, 0) is 14.3 Å². The summed E-state index contributed by atoms with van der Waals surface area (Å²) >= 11 is 12.8. The van der Waals surface area contributed by atoms with Crippen LogP contribution in [0.25, 0.3) is 0 Å². The normalized spacial score (nSPS) is 24.0. The molecule has 2 aliphatic heterocycles. The van der Waals surface area contributed by atoms with Gasteiger partial charge in [-0.2, -0.15) is 0 Å². The number of benzene rings is 1. The Labute approximate surface area is 156 Å². The predicted octanol–water partition coefficient (Wildman–Crippen LogP) is 3.11. The number of carbonyl (C=O) groups excluding carboxylic acids is 2. The molecule has 3 rings (SSSR count). The summed E-state index contributed by atoms with van der Waals surface area (Å²) in [5.41, 5.74) is 2.34. The number of Topliss-reactive ketones (excluding diaryl/α,β-unsaturated/α-hetero) is 1. The highest BCUT2D eigenvalue weighted by atomic mass is 35.5. The van der Waals surface area contributed by atoms with E-state index in [0.29, 0.717) is 39.1 Å². The van der Waals surface area contributed by atoms with Gasteiger partial charge in [-0.25, -0.2) is 0 Å². The van der Waals surface area contributed by atoms with Crippen LogP contribution in [0.1, 0.15) is 18.4 Å². The highest BCUT2D eigenvalue weighted by Crippen LogP contribution is 2.46. The van der Waals surface area contributed by atoms with Crippen LogP contribution in [0.5, 0.6) is 0 Å². The summed E-state index contributed by atoms with van der Waals surface area (Å²) in [6, 6.07) is 5.15. The van der Waals surface area contributed by atoms with Gasteiger partial charge >= 0.3 is 5.97 Å². The van der Waals surface area contributed by atoms with E-state index in [-0.39, 0.29) is 12.3 Å². The molecule has 2 unspecified atom stereocenters. The van der Waals surface area contributed by atoms with Crippen LogP contribution in [0.3, 0.4) is 0 Å². The third kappa shape index (κ3) is 3.12. The zero-order valence-electron chi connectivity index (χ0n) is 14.2. The minimum absolute atomic E-state index is 0.0742. The van der Waals surface area contributed by atoms with Gasteiger partial charge in [-0.15, -0.1) is 0 Å². The lowest BCUT2D eigenvalue weighted by molar-refractivity contribution is -0.143. The first kappa shape index (κ1) is 18.1. The number of methoxy groups -OCH3 is 1. The van der Waals surface area contributed by atoms with E-state index < -0.39 is 17.8 Å². The molecule has 1 aromatic carbocycles. The van der Waals surface area contributed by atoms with Crippen molar-refractivity contribution in [2.75, 3.05) is 27.2 Å². The zero-order chi connectivity index (χ0) is 18.3. The standard InChI is InChI=1S/C18H18Cl2N2O3/c1-9-14(18(24)25-3)17(15-10(19)5-4-6-11(15)20)16-12(21-9)7-22(2)8-13(16)23/h4-6,14,17H,7-8H2,1-3H3. The molecular formula is C18H18Cl2N2O3. The molecule has 132 valence electrons. The minimum atomic E-state index is -0.728. The molecule has 0 spiro atoms. The molecule has 0 fully saturated rings. The van der Waals surface area contributed by atoms with E-state index in [2.05, 4.69) is 4.99 Å². The van der Waals surface area contributed by atoms with Crippen LogP contribution in [0.4, 0.5) is 0 Å². The first-order valence-corrected chi connectivity index (χ1v) is 8.62. The average molecular weight is 381 g/mol. The molecule has 25 heavy (non-hydrogen) atoms. The molecule has 0 amide bonds. The van der Waals surface area contributed by atoms with Gasteiger partial charge in [0.2, 0.25) is 0 Å².